The number of carboxylic acid groups (broad SMARTS) is 1. The largest absolute Gasteiger partial charge is 0.481 e. The van der Waals surface area contributed by atoms with E-state index in [-0.39, 0.29) is 36.3 Å². The lowest BCUT2D eigenvalue weighted by Crippen LogP contribution is -2.45. The van der Waals surface area contributed by atoms with E-state index in [1.807, 2.05) is 6.92 Å². The summed E-state index contributed by atoms with van der Waals surface area (Å²) in [4.78, 5) is 38.3. The lowest BCUT2D eigenvalue weighted by Gasteiger charge is -2.31. The SMILES string of the molecule is CCOC1CC1C(=O)N(C)CC(=O)N1CCC(C(=O)O)CC1. The molecule has 22 heavy (non-hydrogen) atoms. The van der Waals surface area contributed by atoms with Gasteiger partial charge in [-0.3, -0.25) is 14.4 Å². The summed E-state index contributed by atoms with van der Waals surface area (Å²) in [5, 5.41) is 8.95. The van der Waals surface area contributed by atoms with Crippen LogP contribution in [0.2, 0.25) is 0 Å². The molecule has 0 aromatic rings. The summed E-state index contributed by atoms with van der Waals surface area (Å²) < 4.78 is 5.39. The van der Waals surface area contributed by atoms with Gasteiger partial charge in [0.1, 0.15) is 0 Å². The molecular weight excluding hydrogens is 288 g/mol. The van der Waals surface area contributed by atoms with E-state index >= 15 is 0 Å². The summed E-state index contributed by atoms with van der Waals surface area (Å²) in [5.74, 6) is -1.44. The highest BCUT2D eigenvalue weighted by atomic mass is 16.5. The van der Waals surface area contributed by atoms with Crippen molar-refractivity contribution in [2.75, 3.05) is 33.3 Å². The monoisotopic (exact) mass is 312 g/mol. The summed E-state index contributed by atoms with van der Waals surface area (Å²) in [7, 11) is 1.63. The van der Waals surface area contributed by atoms with Crippen LogP contribution in [0.3, 0.4) is 0 Å². The first kappa shape index (κ1) is 16.7. The molecule has 2 rings (SSSR count). The van der Waals surface area contributed by atoms with Crippen LogP contribution in [0.15, 0.2) is 0 Å². The van der Waals surface area contributed by atoms with E-state index in [0.717, 1.165) is 6.42 Å². The Balaban J connectivity index is 1.75. The molecule has 124 valence electrons. The van der Waals surface area contributed by atoms with Crippen molar-refractivity contribution < 1.29 is 24.2 Å². The average Bonchev–Trinajstić information content (AvgIpc) is 3.26. The number of carbonyl (C=O) groups excluding carboxylic acids is 2. The average molecular weight is 312 g/mol. The van der Waals surface area contributed by atoms with Gasteiger partial charge >= 0.3 is 5.97 Å². The van der Waals surface area contributed by atoms with Crippen LogP contribution in [0, 0.1) is 11.8 Å². The summed E-state index contributed by atoms with van der Waals surface area (Å²) in [6.45, 7) is 3.43. The summed E-state index contributed by atoms with van der Waals surface area (Å²) in [5.41, 5.74) is 0. The minimum Gasteiger partial charge on any atom is -0.481 e. The normalized spacial score (nSPS) is 24.9. The van der Waals surface area contributed by atoms with Crippen LogP contribution in [0.1, 0.15) is 26.2 Å². The minimum atomic E-state index is -0.796. The molecule has 2 aliphatic rings. The van der Waals surface area contributed by atoms with Crippen molar-refractivity contribution >= 4 is 17.8 Å². The van der Waals surface area contributed by atoms with Crippen molar-refractivity contribution in [3.8, 4) is 0 Å². The molecule has 0 aromatic heterocycles. The van der Waals surface area contributed by atoms with Crippen molar-refractivity contribution in [1.29, 1.82) is 0 Å². The molecule has 7 nitrogen and oxygen atoms in total. The number of carboxylic acids is 1. The summed E-state index contributed by atoms with van der Waals surface area (Å²) >= 11 is 0. The maximum Gasteiger partial charge on any atom is 0.306 e. The third kappa shape index (κ3) is 3.97. The zero-order chi connectivity index (χ0) is 16.3. The molecule has 2 amide bonds. The van der Waals surface area contributed by atoms with Gasteiger partial charge in [-0.15, -0.1) is 0 Å². The third-order valence-corrected chi connectivity index (χ3v) is 4.38. The van der Waals surface area contributed by atoms with Gasteiger partial charge in [0.25, 0.3) is 0 Å². The highest BCUT2D eigenvalue weighted by Crippen LogP contribution is 2.35. The molecule has 0 spiro atoms. The lowest BCUT2D eigenvalue weighted by molar-refractivity contribution is -0.146. The molecule has 1 saturated heterocycles. The van der Waals surface area contributed by atoms with Crippen molar-refractivity contribution in [3.05, 3.63) is 0 Å². The number of hydrogen-bond donors (Lipinski definition) is 1. The number of carbonyl (C=O) groups is 3. The van der Waals surface area contributed by atoms with E-state index in [4.69, 9.17) is 9.84 Å². The molecular formula is C15H24N2O5. The number of aliphatic carboxylic acids is 1. The maximum absolute atomic E-state index is 12.2. The standard InChI is InChI=1S/C15H24N2O5/c1-3-22-12-8-11(12)14(19)16(2)9-13(18)17-6-4-10(5-7-17)15(20)21/h10-12H,3-9H2,1-2H3,(H,20,21). The molecule has 2 fully saturated rings. The fourth-order valence-corrected chi connectivity index (χ4v) is 2.87. The topological polar surface area (TPSA) is 87.2 Å². The van der Waals surface area contributed by atoms with Crippen molar-refractivity contribution in [2.24, 2.45) is 11.8 Å². The van der Waals surface area contributed by atoms with Crippen molar-refractivity contribution in [2.45, 2.75) is 32.3 Å². The molecule has 1 aliphatic carbocycles. The van der Waals surface area contributed by atoms with Crippen molar-refractivity contribution in [1.82, 2.24) is 9.80 Å². The number of likely N-dealkylation sites (N-methyl/N-ethyl adjacent to an activating group) is 1. The van der Waals surface area contributed by atoms with Gasteiger partial charge in [-0.2, -0.15) is 0 Å². The Morgan fingerprint density at radius 3 is 2.45 bits per heavy atom. The van der Waals surface area contributed by atoms with E-state index in [1.165, 1.54) is 4.90 Å². The van der Waals surface area contributed by atoms with E-state index < -0.39 is 5.97 Å². The Kier molecular flexibility index (Phi) is 5.39. The molecule has 2 unspecified atom stereocenters. The molecule has 1 heterocycles. The molecule has 0 radical (unpaired) electrons. The molecule has 0 bridgehead atoms. The first-order valence-corrected chi connectivity index (χ1v) is 7.81. The second-order valence-corrected chi connectivity index (χ2v) is 6.02. The van der Waals surface area contributed by atoms with Gasteiger partial charge in [-0.05, 0) is 26.2 Å². The Hall–Kier alpha value is -1.63. The highest BCUT2D eigenvalue weighted by Gasteiger charge is 2.45. The van der Waals surface area contributed by atoms with Crippen LogP contribution < -0.4 is 0 Å². The Morgan fingerprint density at radius 2 is 1.91 bits per heavy atom. The second-order valence-electron chi connectivity index (χ2n) is 6.02. The zero-order valence-corrected chi connectivity index (χ0v) is 13.2. The van der Waals surface area contributed by atoms with Gasteiger partial charge in [-0.25, -0.2) is 0 Å². The van der Waals surface area contributed by atoms with Crippen LogP contribution in [0.4, 0.5) is 0 Å². The molecule has 0 aromatic carbocycles. The number of likely N-dealkylation sites (tertiary alicyclic amines) is 1. The van der Waals surface area contributed by atoms with Crippen LogP contribution in [0.25, 0.3) is 0 Å². The number of hydrogen-bond acceptors (Lipinski definition) is 4. The Bertz CT molecular complexity index is 445. The fourth-order valence-electron chi connectivity index (χ4n) is 2.87. The predicted molar refractivity (Wildman–Crippen MR) is 78.1 cm³/mol. The first-order valence-electron chi connectivity index (χ1n) is 7.81. The van der Waals surface area contributed by atoms with Gasteiger partial charge in [-0.1, -0.05) is 0 Å². The van der Waals surface area contributed by atoms with Crippen LogP contribution in [-0.2, 0) is 19.1 Å². The maximum atomic E-state index is 12.2. The smallest absolute Gasteiger partial charge is 0.306 e. The number of nitrogens with zero attached hydrogens (tertiary/aromatic N) is 2. The van der Waals surface area contributed by atoms with Gasteiger partial charge in [0.15, 0.2) is 0 Å². The number of rotatable bonds is 6. The highest BCUT2D eigenvalue weighted by molar-refractivity contribution is 5.87. The Labute approximate surface area is 130 Å². The molecule has 7 heteroatoms. The summed E-state index contributed by atoms with van der Waals surface area (Å²) in [6, 6.07) is 0. The fraction of sp³-hybridized carbons (Fsp3) is 0.800. The van der Waals surface area contributed by atoms with E-state index in [0.29, 0.717) is 32.5 Å². The van der Waals surface area contributed by atoms with Crippen LogP contribution in [0.5, 0.6) is 0 Å². The lowest BCUT2D eigenvalue weighted by atomic mass is 9.97. The Morgan fingerprint density at radius 1 is 1.27 bits per heavy atom. The third-order valence-electron chi connectivity index (χ3n) is 4.38. The number of piperidine rings is 1. The quantitative estimate of drug-likeness (QED) is 0.757. The van der Waals surface area contributed by atoms with Gasteiger partial charge < -0.3 is 19.6 Å². The van der Waals surface area contributed by atoms with E-state index in [2.05, 4.69) is 0 Å². The minimum absolute atomic E-state index is 0.00126. The van der Waals surface area contributed by atoms with Crippen LogP contribution >= 0.6 is 0 Å². The number of amides is 2. The molecule has 2 atom stereocenters. The predicted octanol–water partition coefficient (Wildman–Crippen LogP) is 0.193. The van der Waals surface area contributed by atoms with E-state index in [9.17, 15) is 14.4 Å². The molecule has 1 N–H and O–H groups in total. The first-order chi connectivity index (χ1) is 10.4. The zero-order valence-electron chi connectivity index (χ0n) is 13.2. The summed E-state index contributed by atoms with van der Waals surface area (Å²) in [6.07, 6.45) is 1.69. The number of ether oxygens (including phenoxy) is 1. The molecule has 1 saturated carbocycles. The molecule has 1 aliphatic heterocycles. The van der Waals surface area contributed by atoms with Gasteiger partial charge in [0.05, 0.1) is 24.5 Å². The second kappa shape index (κ2) is 7.09. The van der Waals surface area contributed by atoms with E-state index in [1.54, 1.807) is 11.9 Å². The van der Waals surface area contributed by atoms with Gasteiger partial charge in [0.2, 0.25) is 11.8 Å². The van der Waals surface area contributed by atoms with Gasteiger partial charge in [0, 0.05) is 26.7 Å². The van der Waals surface area contributed by atoms with Crippen molar-refractivity contribution in [3.63, 3.8) is 0 Å². The van der Waals surface area contributed by atoms with Crippen LogP contribution in [-0.4, -0.2) is 72.1 Å².